The second-order valence-electron chi connectivity index (χ2n) is 8.68. The van der Waals surface area contributed by atoms with Crippen molar-refractivity contribution in [2.75, 3.05) is 17.7 Å². The molecule has 0 radical (unpaired) electrons. The van der Waals surface area contributed by atoms with Crippen molar-refractivity contribution < 1.29 is 22.4 Å². The minimum atomic E-state index is -4.43. The number of hydrogen-bond donors (Lipinski definition) is 3. The molecule has 0 bridgehead atoms. The van der Waals surface area contributed by atoms with E-state index in [-0.39, 0.29) is 30.2 Å². The van der Waals surface area contributed by atoms with Crippen molar-refractivity contribution in [3.8, 4) is 11.4 Å². The zero-order valence-corrected chi connectivity index (χ0v) is 19.6. The number of hydrogen-bond acceptors (Lipinski definition) is 6. The van der Waals surface area contributed by atoms with Crippen LogP contribution in [0.2, 0.25) is 0 Å². The van der Waals surface area contributed by atoms with E-state index in [1.807, 2.05) is 0 Å². The Labute approximate surface area is 205 Å². The average Bonchev–Trinajstić information content (AvgIpc) is 2.87. The first-order valence-electron chi connectivity index (χ1n) is 11.6. The largest absolute Gasteiger partial charge is 0.416 e. The second-order valence-corrected chi connectivity index (χ2v) is 8.68. The minimum absolute atomic E-state index is 0.0252. The van der Waals surface area contributed by atoms with E-state index < -0.39 is 11.7 Å². The number of rotatable bonds is 7. The number of anilines is 2. The fourth-order valence-corrected chi connectivity index (χ4v) is 4.21. The summed E-state index contributed by atoms with van der Waals surface area (Å²) in [5.41, 5.74) is 0.282. The lowest BCUT2D eigenvalue weighted by Crippen LogP contribution is -2.37. The summed E-state index contributed by atoms with van der Waals surface area (Å²) in [5, 5.41) is 8.94. The van der Waals surface area contributed by atoms with Crippen molar-refractivity contribution in [3.05, 3.63) is 65.5 Å². The number of benzene rings is 2. The first kappa shape index (κ1) is 25.3. The van der Waals surface area contributed by atoms with Crippen LogP contribution in [0.4, 0.5) is 29.5 Å². The van der Waals surface area contributed by atoms with E-state index in [0.29, 0.717) is 41.7 Å². The van der Waals surface area contributed by atoms with E-state index in [1.165, 1.54) is 18.2 Å². The summed E-state index contributed by atoms with van der Waals surface area (Å²) >= 11 is 0. The van der Waals surface area contributed by atoms with E-state index in [4.69, 9.17) is 0 Å². The van der Waals surface area contributed by atoms with Crippen molar-refractivity contribution in [3.63, 3.8) is 0 Å². The molecular weight excluding hydrogens is 476 g/mol. The van der Waals surface area contributed by atoms with Crippen LogP contribution in [0.5, 0.6) is 0 Å². The number of aromatic nitrogens is 3. The lowest BCUT2D eigenvalue weighted by molar-refractivity contribution is -0.137. The van der Waals surface area contributed by atoms with Gasteiger partial charge in [0, 0.05) is 31.1 Å². The lowest BCUT2D eigenvalue weighted by Gasteiger charge is -2.29. The fraction of sp³-hybridized carbons (Fsp3) is 0.360. The summed E-state index contributed by atoms with van der Waals surface area (Å²) in [5.74, 6) is 0.214. The van der Waals surface area contributed by atoms with Gasteiger partial charge in [-0.15, -0.1) is 0 Å². The van der Waals surface area contributed by atoms with Gasteiger partial charge in [0.2, 0.25) is 17.8 Å². The molecule has 1 aliphatic carbocycles. The van der Waals surface area contributed by atoms with Crippen molar-refractivity contribution in [2.45, 2.75) is 44.4 Å². The molecule has 3 aromatic rings. The highest BCUT2D eigenvalue weighted by Gasteiger charge is 2.31. The third-order valence-corrected chi connectivity index (χ3v) is 6.06. The van der Waals surface area contributed by atoms with Gasteiger partial charge in [-0.3, -0.25) is 4.79 Å². The summed E-state index contributed by atoms with van der Waals surface area (Å²) < 4.78 is 52.1. The van der Waals surface area contributed by atoms with Crippen molar-refractivity contribution in [1.29, 1.82) is 0 Å². The van der Waals surface area contributed by atoms with Gasteiger partial charge in [0.25, 0.3) is 0 Å². The van der Waals surface area contributed by atoms with E-state index in [1.54, 1.807) is 25.2 Å². The predicted molar refractivity (Wildman–Crippen MR) is 127 cm³/mol. The maximum Gasteiger partial charge on any atom is 0.416 e. The number of nitrogens with zero attached hydrogens (tertiary/aromatic N) is 3. The van der Waals surface area contributed by atoms with Crippen LogP contribution < -0.4 is 16.0 Å². The Morgan fingerprint density at radius 2 is 1.78 bits per heavy atom. The molecule has 4 rings (SSSR count). The Hall–Kier alpha value is -3.76. The molecule has 0 saturated heterocycles. The number of halogens is 4. The molecule has 0 unspecified atom stereocenters. The van der Waals surface area contributed by atoms with Gasteiger partial charge in [-0.05, 0) is 61.2 Å². The number of carbonyl (C=O) groups is 1. The summed E-state index contributed by atoms with van der Waals surface area (Å²) in [7, 11) is 1.68. The third kappa shape index (κ3) is 6.46. The highest BCUT2D eigenvalue weighted by atomic mass is 19.4. The molecule has 3 N–H and O–H groups in total. The molecule has 2 atom stereocenters. The number of alkyl halides is 3. The SMILES string of the molecule is CNc1nc(N[C@@H]2CCC[C@H](C(=O)NCc3cccc(C(F)(F)F)c3)C2)nc(-c2ccc(F)cc2)n1. The molecule has 7 nitrogen and oxygen atoms in total. The van der Waals surface area contributed by atoms with Crippen LogP contribution in [0.15, 0.2) is 48.5 Å². The number of carbonyl (C=O) groups excluding carboxylic acids is 1. The number of amides is 1. The Morgan fingerprint density at radius 1 is 1.03 bits per heavy atom. The van der Waals surface area contributed by atoms with Crippen molar-refractivity contribution in [1.82, 2.24) is 20.3 Å². The van der Waals surface area contributed by atoms with Crippen LogP contribution in [0.1, 0.15) is 36.8 Å². The Bertz CT molecular complexity index is 1200. The highest BCUT2D eigenvalue weighted by Crippen LogP contribution is 2.30. The minimum Gasteiger partial charge on any atom is -0.357 e. The Balaban J connectivity index is 1.39. The molecule has 1 aromatic heterocycles. The summed E-state index contributed by atoms with van der Waals surface area (Å²) in [4.78, 5) is 25.9. The highest BCUT2D eigenvalue weighted by molar-refractivity contribution is 5.78. The predicted octanol–water partition coefficient (Wildman–Crippen LogP) is 5.03. The first-order valence-corrected chi connectivity index (χ1v) is 11.6. The van der Waals surface area contributed by atoms with Crippen molar-refractivity contribution >= 4 is 17.8 Å². The lowest BCUT2D eigenvalue weighted by atomic mass is 9.85. The average molecular weight is 503 g/mol. The van der Waals surface area contributed by atoms with Crippen LogP contribution in [-0.2, 0) is 17.5 Å². The van der Waals surface area contributed by atoms with Gasteiger partial charge in [-0.2, -0.15) is 28.1 Å². The molecule has 1 heterocycles. The fourth-order valence-electron chi connectivity index (χ4n) is 4.21. The van der Waals surface area contributed by atoms with E-state index >= 15 is 0 Å². The standard InChI is InChI=1S/C25H26F4N6O/c1-30-23-33-21(16-8-10-19(26)11-9-16)34-24(35-23)32-20-7-3-5-17(13-20)22(36)31-14-15-4-2-6-18(12-15)25(27,28)29/h2,4,6,8-12,17,20H,3,5,7,13-14H2,1H3,(H,31,36)(H2,30,32,33,34,35)/t17-,20+/m0/s1. The molecular formula is C25H26F4N6O. The Morgan fingerprint density at radius 3 is 2.50 bits per heavy atom. The molecule has 1 aliphatic rings. The zero-order chi connectivity index (χ0) is 25.7. The maximum atomic E-state index is 13.3. The normalized spacial score (nSPS) is 17.9. The van der Waals surface area contributed by atoms with Gasteiger partial charge >= 0.3 is 6.18 Å². The van der Waals surface area contributed by atoms with Gasteiger partial charge in [-0.1, -0.05) is 18.6 Å². The third-order valence-electron chi connectivity index (χ3n) is 6.06. The molecule has 0 aliphatic heterocycles. The number of nitrogens with one attached hydrogen (secondary N) is 3. The quantitative estimate of drug-likeness (QED) is 0.393. The first-order chi connectivity index (χ1) is 17.2. The van der Waals surface area contributed by atoms with Gasteiger partial charge in [-0.25, -0.2) is 4.39 Å². The smallest absolute Gasteiger partial charge is 0.357 e. The van der Waals surface area contributed by atoms with E-state index in [0.717, 1.165) is 25.0 Å². The van der Waals surface area contributed by atoms with Gasteiger partial charge in [0.15, 0.2) is 5.82 Å². The second kappa shape index (κ2) is 10.9. The summed E-state index contributed by atoms with van der Waals surface area (Å²) in [6.45, 7) is 0.0252. The van der Waals surface area contributed by atoms with Crippen LogP contribution in [-0.4, -0.2) is 33.9 Å². The molecule has 1 amide bonds. The molecule has 36 heavy (non-hydrogen) atoms. The monoisotopic (exact) mass is 502 g/mol. The van der Waals surface area contributed by atoms with Crippen LogP contribution in [0, 0.1) is 11.7 Å². The van der Waals surface area contributed by atoms with Crippen LogP contribution in [0.25, 0.3) is 11.4 Å². The Kier molecular flexibility index (Phi) is 7.66. The molecule has 2 aromatic carbocycles. The van der Waals surface area contributed by atoms with Crippen molar-refractivity contribution in [2.24, 2.45) is 5.92 Å². The molecule has 1 saturated carbocycles. The molecule has 0 spiro atoms. The molecule has 1 fully saturated rings. The summed E-state index contributed by atoms with van der Waals surface area (Å²) in [6, 6.07) is 10.7. The van der Waals surface area contributed by atoms with E-state index in [2.05, 4.69) is 30.9 Å². The maximum absolute atomic E-state index is 13.3. The van der Waals surface area contributed by atoms with Crippen LogP contribution in [0.3, 0.4) is 0 Å². The van der Waals surface area contributed by atoms with E-state index in [9.17, 15) is 22.4 Å². The zero-order valence-electron chi connectivity index (χ0n) is 19.6. The van der Waals surface area contributed by atoms with Gasteiger partial charge < -0.3 is 16.0 Å². The summed E-state index contributed by atoms with van der Waals surface area (Å²) in [6.07, 6.45) is -1.60. The van der Waals surface area contributed by atoms with Gasteiger partial charge in [0.1, 0.15) is 5.82 Å². The van der Waals surface area contributed by atoms with Crippen LogP contribution >= 0.6 is 0 Å². The molecule has 190 valence electrons. The van der Waals surface area contributed by atoms with Gasteiger partial charge in [0.05, 0.1) is 5.56 Å². The molecule has 11 heteroatoms. The topological polar surface area (TPSA) is 91.8 Å².